The van der Waals surface area contributed by atoms with Gasteiger partial charge in [-0.05, 0) is 75.3 Å². The van der Waals surface area contributed by atoms with Gasteiger partial charge in [-0.25, -0.2) is 4.98 Å². The molecule has 0 amide bonds. The van der Waals surface area contributed by atoms with Crippen molar-refractivity contribution in [1.29, 1.82) is 0 Å². The molecule has 6 nitrogen and oxygen atoms in total. The van der Waals surface area contributed by atoms with Gasteiger partial charge in [0, 0.05) is 38.4 Å². The SMILES string of the molecule is CC1C2CC3CC(CC1(C(=O)O)C3)C2NC(=S)C(C)(C)N1CCN(c2ccc(C(F)(F)F)cn2)CC1. The van der Waals surface area contributed by atoms with Gasteiger partial charge in [-0.1, -0.05) is 19.1 Å². The van der Waals surface area contributed by atoms with Crippen molar-refractivity contribution in [3.05, 3.63) is 23.9 Å². The molecule has 0 aromatic carbocycles. The molecule has 1 aliphatic heterocycles. The average Bonchev–Trinajstić information content (AvgIpc) is 2.83. The number of aliphatic carboxylic acids is 1. The molecule has 36 heavy (non-hydrogen) atoms. The van der Waals surface area contributed by atoms with Crippen molar-refractivity contribution in [2.75, 3.05) is 31.1 Å². The Kier molecular flexibility index (Phi) is 6.30. The summed E-state index contributed by atoms with van der Waals surface area (Å²) >= 11 is 5.96. The Morgan fingerprint density at radius 2 is 1.86 bits per heavy atom. The number of nitrogens with zero attached hydrogens (tertiary/aromatic N) is 3. The molecule has 4 saturated carbocycles. The lowest BCUT2D eigenvalue weighted by Gasteiger charge is -2.62. The van der Waals surface area contributed by atoms with E-state index in [1.807, 2.05) is 4.90 Å². The summed E-state index contributed by atoms with van der Waals surface area (Å²) in [6.45, 7) is 9.09. The third kappa shape index (κ3) is 4.18. The van der Waals surface area contributed by atoms with E-state index >= 15 is 0 Å². The highest BCUT2D eigenvalue weighted by molar-refractivity contribution is 7.80. The molecule has 6 atom stereocenters. The van der Waals surface area contributed by atoms with Crippen molar-refractivity contribution in [2.24, 2.45) is 29.1 Å². The van der Waals surface area contributed by atoms with E-state index in [-0.39, 0.29) is 12.0 Å². The van der Waals surface area contributed by atoms with Crippen LogP contribution < -0.4 is 10.2 Å². The molecular weight excluding hydrogens is 489 g/mol. The molecule has 1 aromatic rings. The van der Waals surface area contributed by atoms with E-state index in [0.29, 0.717) is 36.7 Å². The predicted octanol–water partition coefficient (Wildman–Crippen LogP) is 4.44. The van der Waals surface area contributed by atoms with Crippen molar-refractivity contribution in [3.63, 3.8) is 0 Å². The summed E-state index contributed by atoms with van der Waals surface area (Å²) in [6, 6.07) is 2.74. The van der Waals surface area contributed by atoms with Crippen LogP contribution in [-0.2, 0) is 11.0 Å². The van der Waals surface area contributed by atoms with Gasteiger partial charge in [0.1, 0.15) is 5.82 Å². The first-order valence-electron chi connectivity index (χ1n) is 12.9. The average molecular weight is 525 g/mol. The Hall–Kier alpha value is -1.94. The number of anilines is 1. The number of thiocarbonyl (C=S) groups is 1. The summed E-state index contributed by atoms with van der Waals surface area (Å²) in [5.74, 6) is 1.22. The van der Waals surface area contributed by atoms with Gasteiger partial charge in [-0.15, -0.1) is 0 Å². The number of nitrogens with one attached hydrogen (secondary N) is 1. The maximum absolute atomic E-state index is 12.9. The van der Waals surface area contributed by atoms with E-state index in [1.54, 1.807) is 0 Å². The summed E-state index contributed by atoms with van der Waals surface area (Å²) in [7, 11) is 0. The predicted molar refractivity (Wildman–Crippen MR) is 135 cm³/mol. The Bertz CT molecular complexity index is 1030. The summed E-state index contributed by atoms with van der Waals surface area (Å²) in [5, 5.41) is 13.8. The van der Waals surface area contributed by atoms with Gasteiger partial charge in [0.05, 0.1) is 21.5 Å². The van der Waals surface area contributed by atoms with E-state index in [0.717, 1.165) is 56.0 Å². The maximum atomic E-state index is 12.9. The van der Waals surface area contributed by atoms with E-state index in [9.17, 15) is 23.1 Å². The molecule has 5 aliphatic rings. The van der Waals surface area contributed by atoms with Crippen LogP contribution in [0, 0.1) is 29.1 Å². The van der Waals surface area contributed by atoms with Crippen LogP contribution in [0.15, 0.2) is 18.3 Å². The Balaban J connectivity index is 1.21. The number of alkyl halides is 3. The lowest BCUT2D eigenvalue weighted by molar-refractivity contribution is -0.179. The second kappa shape index (κ2) is 8.82. The minimum atomic E-state index is -4.39. The third-order valence-corrected chi connectivity index (χ3v) is 10.4. The van der Waals surface area contributed by atoms with Gasteiger partial charge in [0.15, 0.2) is 0 Å². The normalized spacial score (nSPS) is 34.6. The highest BCUT2D eigenvalue weighted by Gasteiger charge is 2.63. The number of hydrogen-bond donors (Lipinski definition) is 2. The zero-order valence-corrected chi connectivity index (χ0v) is 21.8. The van der Waals surface area contributed by atoms with Crippen molar-refractivity contribution in [2.45, 2.75) is 64.2 Å². The number of carbonyl (C=O) groups is 1. The Morgan fingerprint density at radius 1 is 1.17 bits per heavy atom. The first kappa shape index (κ1) is 25.7. The molecule has 1 saturated heterocycles. The largest absolute Gasteiger partial charge is 0.481 e. The van der Waals surface area contributed by atoms with Gasteiger partial charge < -0.3 is 15.3 Å². The summed E-state index contributed by atoms with van der Waals surface area (Å²) in [6.07, 6.45) is 0.211. The molecule has 198 valence electrons. The van der Waals surface area contributed by atoms with E-state index in [2.05, 4.69) is 36.0 Å². The quantitative estimate of drug-likeness (QED) is 0.552. The monoisotopic (exact) mass is 524 g/mol. The number of carboxylic acids is 1. The molecule has 4 aliphatic carbocycles. The fourth-order valence-corrected chi connectivity index (χ4v) is 7.86. The Morgan fingerprint density at radius 3 is 2.44 bits per heavy atom. The second-order valence-corrected chi connectivity index (χ2v) is 12.3. The lowest BCUT2D eigenvalue weighted by Crippen LogP contribution is -2.67. The van der Waals surface area contributed by atoms with Gasteiger partial charge in [-0.2, -0.15) is 13.2 Å². The first-order valence-corrected chi connectivity index (χ1v) is 13.3. The van der Waals surface area contributed by atoms with Crippen LogP contribution in [0.25, 0.3) is 0 Å². The number of halogens is 3. The number of piperazine rings is 1. The van der Waals surface area contributed by atoms with Crippen molar-refractivity contribution < 1.29 is 23.1 Å². The minimum Gasteiger partial charge on any atom is -0.481 e. The van der Waals surface area contributed by atoms with Crippen molar-refractivity contribution in [3.8, 4) is 0 Å². The summed E-state index contributed by atoms with van der Waals surface area (Å²) in [5.41, 5.74) is -1.71. The van der Waals surface area contributed by atoms with Crippen LogP contribution in [0.2, 0.25) is 0 Å². The van der Waals surface area contributed by atoms with E-state index in [1.165, 1.54) is 6.07 Å². The zero-order chi connectivity index (χ0) is 26.0. The third-order valence-electron chi connectivity index (χ3n) is 9.75. The van der Waals surface area contributed by atoms with Crippen molar-refractivity contribution in [1.82, 2.24) is 15.2 Å². The van der Waals surface area contributed by atoms with Crippen LogP contribution in [0.5, 0.6) is 0 Å². The van der Waals surface area contributed by atoms with Crippen molar-refractivity contribution >= 4 is 29.0 Å². The van der Waals surface area contributed by atoms with Crippen LogP contribution in [0.3, 0.4) is 0 Å². The highest BCUT2D eigenvalue weighted by atomic mass is 32.1. The fraction of sp³-hybridized carbons (Fsp3) is 0.731. The maximum Gasteiger partial charge on any atom is 0.417 e. The lowest BCUT2D eigenvalue weighted by atomic mass is 9.44. The number of aromatic nitrogens is 1. The van der Waals surface area contributed by atoms with Crippen LogP contribution in [0.1, 0.15) is 52.0 Å². The number of carboxylic acid groups (broad SMARTS) is 1. The molecule has 6 rings (SSSR count). The van der Waals surface area contributed by atoms with Crippen LogP contribution in [0.4, 0.5) is 19.0 Å². The van der Waals surface area contributed by atoms with Gasteiger partial charge in [-0.3, -0.25) is 9.69 Å². The fourth-order valence-electron chi connectivity index (χ4n) is 7.59. The summed E-state index contributed by atoms with van der Waals surface area (Å²) < 4.78 is 38.6. The van der Waals surface area contributed by atoms with Crippen LogP contribution in [-0.4, -0.2) is 63.7 Å². The number of hydrogen-bond acceptors (Lipinski definition) is 5. The summed E-state index contributed by atoms with van der Waals surface area (Å²) in [4.78, 5) is 21.4. The standard InChI is InChI=1S/C26H35F3N4O2S/c1-15-19-11-16-10-17(13-25(15,12-16)23(34)35)21(19)31-22(36)24(2,3)33-8-6-32(7-9-33)20-5-4-18(14-30-20)26(27,28)29/h4-5,14-17,19,21H,6-13H2,1-3H3,(H,31,36)(H,34,35). The van der Waals surface area contributed by atoms with Crippen LogP contribution >= 0.6 is 12.2 Å². The molecule has 5 fully saturated rings. The Labute approximate surface area is 215 Å². The number of pyridine rings is 1. The molecule has 2 N–H and O–H groups in total. The zero-order valence-electron chi connectivity index (χ0n) is 21.0. The molecule has 1 aromatic heterocycles. The number of rotatable bonds is 5. The highest BCUT2D eigenvalue weighted by Crippen LogP contribution is 2.62. The smallest absolute Gasteiger partial charge is 0.417 e. The first-order chi connectivity index (χ1) is 16.8. The molecule has 2 heterocycles. The van der Waals surface area contributed by atoms with Gasteiger partial charge >= 0.3 is 12.1 Å². The molecular formula is C26H35F3N4O2S. The topological polar surface area (TPSA) is 68.7 Å². The molecule has 10 heteroatoms. The van der Waals surface area contributed by atoms with Gasteiger partial charge in [0.2, 0.25) is 0 Å². The molecule has 4 bridgehead atoms. The van der Waals surface area contributed by atoms with Gasteiger partial charge in [0.25, 0.3) is 0 Å². The minimum absolute atomic E-state index is 0.131. The molecule has 6 unspecified atom stereocenters. The molecule has 0 spiro atoms. The molecule has 0 radical (unpaired) electrons. The van der Waals surface area contributed by atoms with E-state index in [4.69, 9.17) is 12.2 Å². The second-order valence-electron chi connectivity index (χ2n) is 11.9. The van der Waals surface area contributed by atoms with E-state index < -0.39 is 28.7 Å².